The van der Waals surface area contributed by atoms with Gasteiger partial charge in [0.2, 0.25) is 5.91 Å². The number of aromatic nitrogens is 1. The summed E-state index contributed by atoms with van der Waals surface area (Å²) >= 11 is 0. The molecule has 0 spiro atoms. The molecule has 1 saturated heterocycles. The van der Waals surface area contributed by atoms with E-state index >= 15 is 0 Å². The predicted octanol–water partition coefficient (Wildman–Crippen LogP) is 1.56. The van der Waals surface area contributed by atoms with Crippen molar-refractivity contribution in [2.24, 2.45) is 0 Å². The summed E-state index contributed by atoms with van der Waals surface area (Å²) in [4.78, 5) is 12.0. The fourth-order valence-electron chi connectivity index (χ4n) is 2.14. The molecule has 2 N–H and O–H groups in total. The van der Waals surface area contributed by atoms with Crippen molar-refractivity contribution >= 4 is 5.91 Å². The van der Waals surface area contributed by atoms with Crippen molar-refractivity contribution in [3.63, 3.8) is 0 Å². The minimum Gasteiger partial charge on any atom is -0.359 e. The molecule has 5 nitrogen and oxygen atoms in total. The fraction of sp³-hybridized carbons (Fsp3) is 0.692. The third-order valence-corrected chi connectivity index (χ3v) is 3.46. The van der Waals surface area contributed by atoms with Gasteiger partial charge in [-0.25, -0.2) is 0 Å². The van der Waals surface area contributed by atoms with Crippen molar-refractivity contribution in [1.82, 2.24) is 15.8 Å². The van der Waals surface area contributed by atoms with Gasteiger partial charge in [0.25, 0.3) is 0 Å². The van der Waals surface area contributed by atoms with Crippen molar-refractivity contribution in [2.45, 2.75) is 51.6 Å². The molecular weight excluding hydrogens is 230 g/mol. The average Bonchev–Trinajstić information content (AvgIpc) is 2.95. The molecule has 1 fully saturated rings. The zero-order valence-corrected chi connectivity index (χ0v) is 11.2. The quantitative estimate of drug-likeness (QED) is 0.852. The van der Waals surface area contributed by atoms with E-state index < -0.39 is 5.54 Å². The Balaban J connectivity index is 1.89. The van der Waals surface area contributed by atoms with E-state index in [1.54, 1.807) is 0 Å². The van der Waals surface area contributed by atoms with Gasteiger partial charge in [0.15, 0.2) is 5.76 Å². The zero-order chi connectivity index (χ0) is 13.2. The van der Waals surface area contributed by atoms with E-state index in [1.165, 1.54) is 0 Å². The first-order valence-electron chi connectivity index (χ1n) is 6.50. The van der Waals surface area contributed by atoms with Crippen LogP contribution in [0.5, 0.6) is 0 Å². The highest BCUT2D eigenvalue weighted by Gasteiger charge is 2.35. The van der Waals surface area contributed by atoms with Gasteiger partial charge in [-0.15, -0.1) is 0 Å². The Labute approximate surface area is 107 Å². The number of nitrogens with one attached hydrogen (secondary N) is 2. The smallest absolute Gasteiger partial charge is 0.240 e. The highest BCUT2D eigenvalue weighted by atomic mass is 16.5. The predicted molar refractivity (Wildman–Crippen MR) is 68.1 cm³/mol. The number of carbonyl (C=O) groups excluding carboxylic acids is 1. The molecule has 0 aliphatic carbocycles. The summed E-state index contributed by atoms with van der Waals surface area (Å²) in [5.74, 6) is 1.07. The molecule has 1 amide bonds. The Morgan fingerprint density at radius 2 is 2.44 bits per heavy atom. The average molecular weight is 251 g/mol. The summed E-state index contributed by atoms with van der Waals surface area (Å²) in [6, 6.07) is 1.90. The molecular formula is C13H21N3O2. The second kappa shape index (κ2) is 5.10. The minimum absolute atomic E-state index is 0.0301. The standard InChI is InChI=1S/C13H21N3O2/c1-9(2)11-7-10(18-16-11)8-14-12(17)13(3)5-4-6-15-13/h7,9,15H,4-6,8H2,1-3H3,(H,14,17). The van der Waals surface area contributed by atoms with Crippen LogP contribution in [0.1, 0.15) is 51.0 Å². The van der Waals surface area contributed by atoms with Gasteiger partial charge in [-0.3, -0.25) is 4.79 Å². The van der Waals surface area contributed by atoms with E-state index in [0.29, 0.717) is 18.2 Å². The van der Waals surface area contributed by atoms with Gasteiger partial charge in [-0.2, -0.15) is 0 Å². The molecule has 0 bridgehead atoms. The van der Waals surface area contributed by atoms with Crippen LogP contribution in [0.3, 0.4) is 0 Å². The minimum atomic E-state index is -0.430. The summed E-state index contributed by atoms with van der Waals surface area (Å²) in [6.07, 6.45) is 1.93. The van der Waals surface area contributed by atoms with Crippen molar-refractivity contribution in [3.8, 4) is 0 Å². The van der Waals surface area contributed by atoms with Crippen molar-refractivity contribution < 1.29 is 9.32 Å². The van der Waals surface area contributed by atoms with Crippen molar-refractivity contribution in [1.29, 1.82) is 0 Å². The summed E-state index contributed by atoms with van der Waals surface area (Å²) < 4.78 is 5.19. The summed E-state index contributed by atoms with van der Waals surface area (Å²) in [6.45, 7) is 7.36. The van der Waals surface area contributed by atoms with Gasteiger partial charge in [0.1, 0.15) is 0 Å². The molecule has 0 aromatic carbocycles. The number of hydrogen-bond donors (Lipinski definition) is 2. The topological polar surface area (TPSA) is 67.2 Å². The van der Waals surface area contributed by atoms with Gasteiger partial charge < -0.3 is 15.2 Å². The third kappa shape index (κ3) is 2.72. The first-order valence-corrected chi connectivity index (χ1v) is 6.50. The summed E-state index contributed by atoms with van der Waals surface area (Å²) in [7, 11) is 0. The monoisotopic (exact) mass is 251 g/mol. The molecule has 0 radical (unpaired) electrons. The van der Waals surface area contributed by atoms with Crippen LogP contribution in [0, 0.1) is 0 Å². The number of hydrogen-bond acceptors (Lipinski definition) is 4. The first kappa shape index (κ1) is 13.1. The normalized spacial score (nSPS) is 23.6. The third-order valence-electron chi connectivity index (χ3n) is 3.46. The van der Waals surface area contributed by atoms with Crippen LogP contribution < -0.4 is 10.6 Å². The highest BCUT2D eigenvalue weighted by Crippen LogP contribution is 2.19. The molecule has 1 aliphatic rings. The van der Waals surface area contributed by atoms with Crippen LogP contribution in [0.25, 0.3) is 0 Å². The molecule has 1 aliphatic heterocycles. The Bertz CT molecular complexity index is 420. The summed E-state index contributed by atoms with van der Waals surface area (Å²) in [5, 5.41) is 10.1. The lowest BCUT2D eigenvalue weighted by Gasteiger charge is -2.22. The fourth-order valence-corrected chi connectivity index (χ4v) is 2.14. The van der Waals surface area contributed by atoms with E-state index in [4.69, 9.17) is 4.52 Å². The number of amides is 1. The van der Waals surface area contributed by atoms with Crippen LogP contribution in [-0.2, 0) is 11.3 Å². The molecule has 1 atom stereocenters. The number of nitrogens with zero attached hydrogens (tertiary/aromatic N) is 1. The van der Waals surface area contributed by atoms with E-state index in [0.717, 1.165) is 25.1 Å². The van der Waals surface area contributed by atoms with Gasteiger partial charge in [-0.05, 0) is 32.2 Å². The van der Waals surface area contributed by atoms with Gasteiger partial charge in [-0.1, -0.05) is 19.0 Å². The lowest BCUT2D eigenvalue weighted by Crippen LogP contribution is -2.50. The Morgan fingerprint density at radius 3 is 3.00 bits per heavy atom. The lowest BCUT2D eigenvalue weighted by molar-refractivity contribution is -0.126. The lowest BCUT2D eigenvalue weighted by atomic mass is 9.99. The first-order chi connectivity index (χ1) is 8.51. The SMILES string of the molecule is CC(C)c1cc(CNC(=O)C2(C)CCCN2)on1. The molecule has 0 saturated carbocycles. The maximum absolute atomic E-state index is 12.0. The van der Waals surface area contributed by atoms with Gasteiger partial charge in [0, 0.05) is 6.07 Å². The molecule has 2 rings (SSSR count). The van der Waals surface area contributed by atoms with Crippen LogP contribution >= 0.6 is 0 Å². The van der Waals surface area contributed by atoms with Gasteiger partial charge >= 0.3 is 0 Å². The van der Waals surface area contributed by atoms with Crippen LogP contribution in [0.15, 0.2) is 10.6 Å². The second-order valence-corrected chi connectivity index (χ2v) is 5.42. The van der Waals surface area contributed by atoms with Crippen LogP contribution in [0.2, 0.25) is 0 Å². The largest absolute Gasteiger partial charge is 0.359 e. The van der Waals surface area contributed by atoms with Crippen molar-refractivity contribution in [2.75, 3.05) is 6.54 Å². The summed E-state index contributed by atoms with van der Waals surface area (Å²) in [5.41, 5.74) is 0.491. The molecule has 1 aromatic rings. The second-order valence-electron chi connectivity index (χ2n) is 5.42. The molecule has 100 valence electrons. The zero-order valence-electron chi connectivity index (χ0n) is 11.2. The van der Waals surface area contributed by atoms with Crippen LogP contribution in [-0.4, -0.2) is 23.1 Å². The number of carbonyl (C=O) groups is 1. The molecule has 5 heteroatoms. The Hall–Kier alpha value is -1.36. The molecule has 2 heterocycles. The molecule has 1 aromatic heterocycles. The maximum Gasteiger partial charge on any atom is 0.240 e. The van der Waals surface area contributed by atoms with Gasteiger partial charge in [0.05, 0.1) is 17.8 Å². The maximum atomic E-state index is 12.0. The number of rotatable bonds is 4. The highest BCUT2D eigenvalue weighted by molar-refractivity contribution is 5.86. The molecule has 1 unspecified atom stereocenters. The Kier molecular flexibility index (Phi) is 3.71. The van der Waals surface area contributed by atoms with E-state index in [9.17, 15) is 4.79 Å². The van der Waals surface area contributed by atoms with Crippen LogP contribution in [0.4, 0.5) is 0 Å². The van der Waals surface area contributed by atoms with E-state index in [-0.39, 0.29) is 5.91 Å². The van der Waals surface area contributed by atoms with E-state index in [2.05, 4.69) is 29.6 Å². The van der Waals surface area contributed by atoms with Crippen molar-refractivity contribution in [3.05, 3.63) is 17.5 Å². The van der Waals surface area contributed by atoms with E-state index in [1.807, 2.05) is 13.0 Å². The molecule has 18 heavy (non-hydrogen) atoms. The Morgan fingerprint density at radius 1 is 1.67 bits per heavy atom.